The number of nitrogens with zero attached hydrogens (tertiary/aromatic N) is 4. The number of rotatable bonds is 2. The van der Waals surface area contributed by atoms with Crippen LogP contribution in [0.25, 0.3) is 120 Å². The quantitative estimate of drug-likeness (QED) is 0.170. The Labute approximate surface area is 308 Å². The van der Waals surface area contributed by atoms with Gasteiger partial charge >= 0.3 is 0 Å². The molecule has 13 rings (SSSR count). The molecule has 0 saturated carbocycles. The number of benzene rings is 9. The van der Waals surface area contributed by atoms with Crippen LogP contribution < -0.4 is 0 Å². The third-order valence-electron chi connectivity index (χ3n) is 11.8. The molecular weight excluding hydrogens is 657 g/mol. The van der Waals surface area contributed by atoms with Gasteiger partial charge in [-0.25, -0.2) is 9.97 Å². The van der Waals surface area contributed by atoms with Gasteiger partial charge in [0.25, 0.3) is 0 Å². The number of hydrogen-bond donors (Lipinski definition) is 0. The van der Waals surface area contributed by atoms with Crippen LogP contribution in [0.4, 0.5) is 0 Å². The van der Waals surface area contributed by atoms with E-state index in [0.29, 0.717) is 5.95 Å². The molecule has 0 spiro atoms. The number of hydrogen-bond acceptors (Lipinski definition) is 2. The maximum Gasteiger partial charge on any atom is 0.235 e. The van der Waals surface area contributed by atoms with Gasteiger partial charge in [-0.15, -0.1) is 0 Å². The van der Waals surface area contributed by atoms with Crippen LogP contribution in [0.15, 0.2) is 170 Å². The summed E-state index contributed by atoms with van der Waals surface area (Å²) in [6, 6.07) is 61.6. The molecular formula is C50H28N4. The van der Waals surface area contributed by atoms with Crippen molar-refractivity contribution in [3.8, 4) is 17.2 Å². The van der Waals surface area contributed by atoms with Crippen molar-refractivity contribution in [1.82, 2.24) is 18.9 Å². The highest BCUT2D eigenvalue weighted by atomic mass is 15.2. The molecule has 9 aromatic carbocycles. The molecule has 0 radical (unpaired) electrons. The summed E-state index contributed by atoms with van der Waals surface area (Å²) in [6.07, 6.45) is 0. The summed E-state index contributed by atoms with van der Waals surface area (Å²) in [5.41, 5.74) is 8.88. The lowest BCUT2D eigenvalue weighted by Gasteiger charge is -2.14. The van der Waals surface area contributed by atoms with Crippen molar-refractivity contribution in [2.45, 2.75) is 0 Å². The maximum absolute atomic E-state index is 5.62. The van der Waals surface area contributed by atoms with Crippen molar-refractivity contribution in [3.05, 3.63) is 170 Å². The zero-order chi connectivity index (χ0) is 35.1. The molecule has 4 aromatic heterocycles. The number of fused-ring (bicyclic) bond motifs is 16. The Morgan fingerprint density at radius 3 is 1.78 bits per heavy atom. The molecule has 0 bridgehead atoms. The van der Waals surface area contributed by atoms with E-state index in [0.717, 1.165) is 44.0 Å². The molecule has 248 valence electrons. The second-order valence-electron chi connectivity index (χ2n) is 14.5. The molecule has 0 unspecified atom stereocenters. The van der Waals surface area contributed by atoms with Crippen LogP contribution in [0.5, 0.6) is 0 Å². The van der Waals surface area contributed by atoms with Crippen molar-refractivity contribution >= 4 is 103 Å². The van der Waals surface area contributed by atoms with Crippen molar-refractivity contribution in [3.63, 3.8) is 0 Å². The molecule has 0 amide bonds. The molecule has 54 heavy (non-hydrogen) atoms. The molecule has 0 saturated heterocycles. The average Bonchev–Trinajstić information content (AvgIpc) is 3.88. The molecule has 13 aromatic rings. The first-order valence-electron chi connectivity index (χ1n) is 18.5. The van der Waals surface area contributed by atoms with E-state index < -0.39 is 0 Å². The molecule has 0 aliphatic carbocycles. The lowest BCUT2D eigenvalue weighted by Crippen LogP contribution is -2.04. The van der Waals surface area contributed by atoms with Crippen LogP contribution >= 0.6 is 0 Å². The molecule has 4 heteroatoms. The summed E-state index contributed by atoms with van der Waals surface area (Å²) < 4.78 is 4.83. The Morgan fingerprint density at radius 1 is 0.352 bits per heavy atom. The van der Waals surface area contributed by atoms with E-state index in [1.54, 1.807) is 0 Å². The minimum Gasteiger partial charge on any atom is -0.308 e. The standard InChI is InChI=1S/C50H28N4/c1-2-14-32-27-33(22-21-29(32)11-1)46-39-26-24-30-12-3-5-15-34(30)47(39)52-50(51-46)54-43-28-40-36-17-7-9-19-41(36)53-42-20-10-8-18-37(42)45(49(40)53)44(43)38-25-23-31-13-4-6-16-35(31)48(38)54/h1-28H. The highest BCUT2D eigenvalue weighted by molar-refractivity contribution is 6.37. The molecule has 0 aliphatic heterocycles. The average molecular weight is 685 g/mol. The van der Waals surface area contributed by atoms with Crippen LogP contribution in [0.3, 0.4) is 0 Å². The maximum atomic E-state index is 5.62. The minimum absolute atomic E-state index is 0.667. The van der Waals surface area contributed by atoms with Gasteiger partial charge in [0.2, 0.25) is 5.95 Å². The van der Waals surface area contributed by atoms with Gasteiger partial charge in [0.1, 0.15) is 0 Å². The highest BCUT2D eigenvalue weighted by Crippen LogP contribution is 2.48. The third-order valence-corrected chi connectivity index (χ3v) is 11.8. The molecule has 0 aliphatic rings. The zero-order valence-electron chi connectivity index (χ0n) is 29.0. The Balaban J connectivity index is 1.28. The lowest BCUT2D eigenvalue weighted by molar-refractivity contribution is 1.02. The summed E-state index contributed by atoms with van der Waals surface area (Å²) in [7, 11) is 0. The first kappa shape index (κ1) is 28.3. The SMILES string of the molecule is c1ccc2cc(-c3nc(-n4c5cc6c7ccccc7n7c8ccccc8c(c5c5ccc8ccccc8c54)c67)nc4c3ccc3ccccc34)ccc2c1. The summed E-state index contributed by atoms with van der Waals surface area (Å²) in [4.78, 5) is 11.2. The largest absolute Gasteiger partial charge is 0.308 e. The monoisotopic (exact) mass is 684 g/mol. The lowest BCUT2D eigenvalue weighted by atomic mass is 10.00. The van der Waals surface area contributed by atoms with Gasteiger partial charge in [-0.1, -0.05) is 140 Å². The van der Waals surface area contributed by atoms with Gasteiger partial charge in [0.15, 0.2) is 0 Å². The van der Waals surface area contributed by atoms with E-state index in [1.165, 1.54) is 70.4 Å². The van der Waals surface area contributed by atoms with Crippen LogP contribution in [0, 0.1) is 0 Å². The van der Waals surface area contributed by atoms with Crippen LogP contribution in [0.2, 0.25) is 0 Å². The van der Waals surface area contributed by atoms with E-state index in [-0.39, 0.29) is 0 Å². The minimum atomic E-state index is 0.667. The molecule has 0 fully saturated rings. The summed E-state index contributed by atoms with van der Waals surface area (Å²) in [6.45, 7) is 0. The number of para-hydroxylation sites is 2. The first-order valence-corrected chi connectivity index (χ1v) is 18.5. The van der Waals surface area contributed by atoms with Crippen molar-refractivity contribution in [2.24, 2.45) is 0 Å². The topological polar surface area (TPSA) is 35.1 Å². The van der Waals surface area contributed by atoms with Crippen molar-refractivity contribution in [1.29, 1.82) is 0 Å². The third kappa shape index (κ3) is 3.57. The smallest absolute Gasteiger partial charge is 0.235 e. The van der Waals surface area contributed by atoms with E-state index in [1.807, 2.05) is 0 Å². The van der Waals surface area contributed by atoms with Gasteiger partial charge in [0, 0.05) is 54.0 Å². The summed E-state index contributed by atoms with van der Waals surface area (Å²) >= 11 is 0. The zero-order valence-corrected chi connectivity index (χ0v) is 29.0. The normalized spacial score (nSPS) is 12.4. The second kappa shape index (κ2) is 10.2. The summed E-state index contributed by atoms with van der Waals surface area (Å²) in [5.74, 6) is 0.667. The fourth-order valence-corrected chi connectivity index (χ4v) is 9.49. The molecule has 0 atom stereocenters. The second-order valence-corrected chi connectivity index (χ2v) is 14.5. The van der Waals surface area contributed by atoms with E-state index in [9.17, 15) is 0 Å². The first-order chi connectivity index (χ1) is 26.8. The molecule has 4 heterocycles. The van der Waals surface area contributed by atoms with E-state index >= 15 is 0 Å². The molecule has 4 nitrogen and oxygen atoms in total. The van der Waals surface area contributed by atoms with Gasteiger partial charge < -0.3 is 4.40 Å². The fraction of sp³-hybridized carbons (Fsp3) is 0. The van der Waals surface area contributed by atoms with Crippen molar-refractivity contribution < 1.29 is 0 Å². The summed E-state index contributed by atoms with van der Waals surface area (Å²) in [5, 5.41) is 15.5. The Morgan fingerprint density at radius 2 is 0.963 bits per heavy atom. The van der Waals surface area contributed by atoms with Crippen molar-refractivity contribution in [2.75, 3.05) is 0 Å². The molecule has 0 N–H and O–H groups in total. The Bertz CT molecular complexity index is 3740. The van der Waals surface area contributed by atoms with Gasteiger partial charge in [-0.3, -0.25) is 4.57 Å². The van der Waals surface area contributed by atoms with Crippen LogP contribution in [-0.4, -0.2) is 18.9 Å². The van der Waals surface area contributed by atoms with E-state index in [2.05, 4.69) is 179 Å². The Kier molecular flexibility index (Phi) is 5.34. The van der Waals surface area contributed by atoms with Crippen LogP contribution in [0.1, 0.15) is 0 Å². The predicted molar refractivity (Wildman–Crippen MR) is 226 cm³/mol. The Hall–Kier alpha value is -7.30. The van der Waals surface area contributed by atoms with Gasteiger partial charge in [-0.05, 0) is 51.9 Å². The number of aromatic nitrogens is 4. The van der Waals surface area contributed by atoms with Gasteiger partial charge in [-0.2, -0.15) is 0 Å². The van der Waals surface area contributed by atoms with E-state index in [4.69, 9.17) is 9.97 Å². The van der Waals surface area contributed by atoms with Crippen LogP contribution in [-0.2, 0) is 0 Å². The highest BCUT2D eigenvalue weighted by Gasteiger charge is 2.26. The van der Waals surface area contributed by atoms with Gasteiger partial charge in [0.05, 0.1) is 38.8 Å². The fourth-order valence-electron chi connectivity index (χ4n) is 9.49. The predicted octanol–water partition coefficient (Wildman–Crippen LogP) is 13.0.